The highest BCUT2D eigenvalue weighted by molar-refractivity contribution is 5.98. The van der Waals surface area contributed by atoms with Gasteiger partial charge in [-0.25, -0.2) is 0 Å². The van der Waals surface area contributed by atoms with E-state index in [-0.39, 0.29) is 11.8 Å². The van der Waals surface area contributed by atoms with E-state index in [0.29, 0.717) is 12.1 Å². The summed E-state index contributed by atoms with van der Waals surface area (Å²) in [6, 6.07) is 21.6. The van der Waals surface area contributed by atoms with Crippen molar-refractivity contribution in [1.29, 1.82) is 0 Å². The Bertz CT molecular complexity index is 1320. The smallest absolute Gasteiger partial charge is 0.253 e. The maximum atomic E-state index is 13.2. The van der Waals surface area contributed by atoms with Gasteiger partial charge in [0.2, 0.25) is 0 Å². The molecule has 0 aliphatic carbocycles. The molecule has 1 aliphatic rings. The first-order chi connectivity index (χ1) is 16.1. The highest BCUT2D eigenvalue weighted by Crippen LogP contribution is 2.30. The third-order valence-corrected chi connectivity index (χ3v) is 6.08. The van der Waals surface area contributed by atoms with Crippen molar-refractivity contribution in [2.24, 2.45) is 0 Å². The number of rotatable bonds is 5. The normalized spacial score (nSPS) is 15.6. The van der Waals surface area contributed by atoms with E-state index in [0.717, 1.165) is 52.4 Å². The van der Waals surface area contributed by atoms with Gasteiger partial charge in [-0.3, -0.25) is 14.8 Å². The number of hydrogen-bond donors (Lipinski definition) is 1. The number of nitrogens with zero attached hydrogens (tertiary/aromatic N) is 3. The van der Waals surface area contributed by atoms with Crippen molar-refractivity contribution in [3.8, 4) is 5.75 Å². The predicted molar refractivity (Wildman–Crippen MR) is 130 cm³/mol. The molecule has 0 saturated carbocycles. The van der Waals surface area contributed by atoms with E-state index in [4.69, 9.17) is 9.72 Å². The number of carbonyl (C=O) groups is 1. The zero-order chi connectivity index (χ0) is 22.8. The molecule has 1 aliphatic heterocycles. The Labute approximate surface area is 193 Å². The lowest BCUT2D eigenvalue weighted by Gasteiger charge is -2.18. The van der Waals surface area contributed by atoms with Crippen LogP contribution in [0.5, 0.6) is 5.75 Å². The second-order valence-corrected chi connectivity index (χ2v) is 8.43. The highest BCUT2D eigenvalue weighted by Gasteiger charge is 2.29. The number of nitrogens with one attached hydrogen (secondary N) is 1. The number of amides is 1. The Kier molecular flexibility index (Phi) is 5.65. The molecule has 6 nitrogen and oxygen atoms in total. The van der Waals surface area contributed by atoms with Gasteiger partial charge in [-0.05, 0) is 61.9 Å². The topological polar surface area (TPSA) is 67.3 Å². The minimum absolute atomic E-state index is 0.0608. The second-order valence-electron chi connectivity index (χ2n) is 8.43. The van der Waals surface area contributed by atoms with E-state index in [9.17, 15) is 4.79 Å². The summed E-state index contributed by atoms with van der Waals surface area (Å²) in [5, 5.41) is 4.43. The first-order valence-electron chi connectivity index (χ1n) is 11.1. The Morgan fingerprint density at radius 1 is 1.06 bits per heavy atom. The summed E-state index contributed by atoms with van der Waals surface area (Å²) in [4.78, 5) is 24.2. The van der Waals surface area contributed by atoms with E-state index in [1.54, 1.807) is 13.3 Å². The Hall–Kier alpha value is -3.93. The van der Waals surface area contributed by atoms with Crippen LogP contribution in [-0.4, -0.2) is 41.0 Å². The molecule has 1 N–H and O–H groups in total. The molecule has 1 amide bonds. The summed E-state index contributed by atoms with van der Waals surface area (Å²) in [6.07, 6.45) is 2.66. The van der Waals surface area contributed by atoms with Gasteiger partial charge >= 0.3 is 0 Å². The fourth-order valence-electron chi connectivity index (χ4n) is 4.42. The van der Waals surface area contributed by atoms with Gasteiger partial charge in [-0.15, -0.1) is 0 Å². The standard InChI is InChI=1S/C27H26N4O2/c1-18-13-23(30-22-6-3-7-24(15-22)33-2)16-26(29-18)21-10-12-31(17-21)27(32)20-8-9-25-19(14-20)5-4-11-28-25/h3-9,11,13-16,21H,10,12,17H2,1-2H3,(H,29,30)/t21-/m0/s1. The van der Waals surface area contributed by atoms with Crippen LogP contribution < -0.4 is 10.1 Å². The minimum atomic E-state index is 0.0608. The molecule has 1 atom stereocenters. The third-order valence-electron chi connectivity index (χ3n) is 6.08. The summed E-state index contributed by atoms with van der Waals surface area (Å²) in [7, 11) is 1.66. The summed E-state index contributed by atoms with van der Waals surface area (Å²) < 4.78 is 5.32. The van der Waals surface area contributed by atoms with Gasteiger partial charge in [-0.2, -0.15) is 0 Å². The number of methoxy groups -OCH3 is 1. The van der Waals surface area contributed by atoms with E-state index < -0.39 is 0 Å². The van der Waals surface area contributed by atoms with E-state index >= 15 is 0 Å². The van der Waals surface area contributed by atoms with Crippen LogP contribution in [0.4, 0.5) is 11.4 Å². The number of anilines is 2. The fourth-order valence-corrected chi connectivity index (χ4v) is 4.42. The lowest BCUT2D eigenvalue weighted by molar-refractivity contribution is 0.0791. The second kappa shape index (κ2) is 8.90. The SMILES string of the molecule is COc1cccc(Nc2cc(C)nc([C@H]3CCN(C(=O)c4ccc5ncccc5c4)C3)c2)c1. The van der Waals surface area contributed by atoms with Crippen molar-refractivity contribution in [3.63, 3.8) is 0 Å². The number of ether oxygens (including phenoxy) is 1. The Balaban J connectivity index is 1.32. The molecule has 0 spiro atoms. The number of likely N-dealkylation sites (tertiary alicyclic amines) is 1. The van der Waals surface area contributed by atoms with Crippen LogP contribution in [0.25, 0.3) is 10.9 Å². The molecule has 1 saturated heterocycles. The third kappa shape index (κ3) is 4.51. The lowest BCUT2D eigenvalue weighted by atomic mass is 10.0. The van der Waals surface area contributed by atoms with Gasteiger partial charge < -0.3 is 15.0 Å². The number of aromatic nitrogens is 2. The molecule has 166 valence electrons. The van der Waals surface area contributed by atoms with Crippen LogP contribution in [0.1, 0.15) is 34.1 Å². The van der Waals surface area contributed by atoms with Crippen LogP contribution in [0.2, 0.25) is 0 Å². The largest absolute Gasteiger partial charge is 0.497 e. The molecular weight excluding hydrogens is 412 g/mol. The number of aryl methyl sites for hydroxylation is 1. The first kappa shape index (κ1) is 20.9. The van der Waals surface area contributed by atoms with E-state index in [1.807, 2.05) is 72.5 Å². The number of fused-ring (bicyclic) bond motifs is 1. The highest BCUT2D eigenvalue weighted by atomic mass is 16.5. The zero-order valence-electron chi connectivity index (χ0n) is 18.8. The van der Waals surface area contributed by atoms with E-state index in [1.165, 1.54) is 0 Å². The van der Waals surface area contributed by atoms with Gasteiger partial charge in [0.15, 0.2) is 0 Å². The average molecular weight is 439 g/mol. The average Bonchev–Trinajstić information content (AvgIpc) is 3.33. The fraction of sp³-hybridized carbons (Fsp3) is 0.222. The van der Waals surface area contributed by atoms with Crippen molar-refractivity contribution in [1.82, 2.24) is 14.9 Å². The first-order valence-corrected chi connectivity index (χ1v) is 11.1. The molecule has 0 radical (unpaired) electrons. The summed E-state index contributed by atoms with van der Waals surface area (Å²) in [5.41, 5.74) is 5.50. The van der Waals surface area contributed by atoms with Crippen LogP contribution in [0.3, 0.4) is 0 Å². The molecule has 1 fully saturated rings. The monoisotopic (exact) mass is 438 g/mol. The van der Waals surface area contributed by atoms with Crippen molar-refractivity contribution in [2.45, 2.75) is 19.3 Å². The summed E-state index contributed by atoms with van der Waals surface area (Å²) in [6.45, 7) is 3.39. The zero-order valence-corrected chi connectivity index (χ0v) is 18.8. The molecule has 2 aromatic carbocycles. The Morgan fingerprint density at radius 3 is 2.85 bits per heavy atom. The van der Waals surface area contributed by atoms with Crippen molar-refractivity contribution in [2.75, 3.05) is 25.5 Å². The minimum Gasteiger partial charge on any atom is -0.497 e. The quantitative estimate of drug-likeness (QED) is 0.457. The van der Waals surface area contributed by atoms with Gasteiger partial charge in [0.25, 0.3) is 5.91 Å². The van der Waals surface area contributed by atoms with E-state index in [2.05, 4.69) is 16.4 Å². The molecule has 0 unspecified atom stereocenters. The maximum absolute atomic E-state index is 13.2. The molecular formula is C27H26N4O2. The van der Waals surface area contributed by atoms with Crippen molar-refractivity contribution >= 4 is 28.2 Å². The molecule has 5 rings (SSSR count). The number of carbonyl (C=O) groups excluding carboxylic acids is 1. The summed E-state index contributed by atoms with van der Waals surface area (Å²) in [5.74, 6) is 1.08. The molecule has 6 heteroatoms. The number of hydrogen-bond acceptors (Lipinski definition) is 5. The van der Waals surface area contributed by atoms with Crippen LogP contribution in [-0.2, 0) is 0 Å². The number of benzene rings is 2. The molecule has 33 heavy (non-hydrogen) atoms. The number of pyridine rings is 2. The summed E-state index contributed by atoms with van der Waals surface area (Å²) >= 11 is 0. The van der Waals surface area contributed by atoms with Gasteiger partial charge in [0.1, 0.15) is 5.75 Å². The molecule has 4 aromatic rings. The molecule has 2 aromatic heterocycles. The van der Waals surface area contributed by atoms with Crippen LogP contribution in [0, 0.1) is 6.92 Å². The maximum Gasteiger partial charge on any atom is 0.253 e. The Morgan fingerprint density at radius 2 is 1.97 bits per heavy atom. The molecule has 0 bridgehead atoms. The van der Waals surface area contributed by atoms with Gasteiger partial charge in [0.05, 0.1) is 12.6 Å². The van der Waals surface area contributed by atoms with Crippen molar-refractivity contribution < 1.29 is 9.53 Å². The van der Waals surface area contributed by atoms with Gasteiger partial charge in [-0.1, -0.05) is 12.1 Å². The lowest BCUT2D eigenvalue weighted by Crippen LogP contribution is -2.28. The molecule has 3 heterocycles. The predicted octanol–water partition coefficient (Wildman–Crippen LogP) is 5.32. The van der Waals surface area contributed by atoms with Crippen LogP contribution in [0.15, 0.2) is 72.9 Å². The van der Waals surface area contributed by atoms with Crippen LogP contribution >= 0.6 is 0 Å². The van der Waals surface area contributed by atoms with Crippen molar-refractivity contribution in [3.05, 3.63) is 89.9 Å². The van der Waals surface area contributed by atoms with Gasteiger partial charge in [0, 0.05) is 65.0 Å².